The SMILES string of the molecule is Cc1ccc(N)c(S(=O)(=O)Nc2c(C)cccc2F)c1C. The third-order valence-electron chi connectivity index (χ3n) is 3.43. The molecule has 0 bridgehead atoms. The number of para-hydroxylation sites is 1. The molecular formula is C15H17FN2O2S. The number of anilines is 2. The summed E-state index contributed by atoms with van der Waals surface area (Å²) in [6.07, 6.45) is 0. The van der Waals surface area contributed by atoms with E-state index in [1.54, 1.807) is 32.9 Å². The minimum Gasteiger partial charge on any atom is -0.398 e. The number of hydrogen-bond donors (Lipinski definition) is 2. The minimum absolute atomic E-state index is 0.00912. The zero-order valence-electron chi connectivity index (χ0n) is 12.1. The average Bonchev–Trinajstić information content (AvgIpc) is 2.39. The van der Waals surface area contributed by atoms with Crippen LogP contribution in [0, 0.1) is 26.6 Å². The molecule has 0 atom stereocenters. The van der Waals surface area contributed by atoms with E-state index in [9.17, 15) is 12.8 Å². The summed E-state index contributed by atoms with van der Waals surface area (Å²) in [6, 6.07) is 7.64. The first-order chi connectivity index (χ1) is 9.74. The average molecular weight is 308 g/mol. The van der Waals surface area contributed by atoms with Crippen molar-refractivity contribution in [3.63, 3.8) is 0 Å². The Kier molecular flexibility index (Phi) is 3.91. The van der Waals surface area contributed by atoms with E-state index in [2.05, 4.69) is 4.72 Å². The van der Waals surface area contributed by atoms with E-state index < -0.39 is 15.8 Å². The van der Waals surface area contributed by atoms with Gasteiger partial charge in [0.2, 0.25) is 0 Å². The van der Waals surface area contributed by atoms with Crippen LogP contribution in [0.15, 0.2) is 35.2 Å². The van der Waals surface area contributed by atoms with Gasteiger partial charge in [0.15, 0.2) is 0 Å². The van der Waals surface area contributed by atoms with Crippen molar-refractivity contribution in [2.24, 2.45) is 0 Å². The van der Waals surface area contributed by atoms with Gasteiger partial charge >= 0.3 is 0 Å². The Morgan fingerprint density at radius 2 is 1.71 bits per heavy atom. The third kappa shape index (κ3) is 2.85. The van der Waals surface area contributed by atoms with Gasteiger partial charge in [-0.1, -0.05) is 18.2 Å². The maximum Gasteiger partial charge on any atom is 0.264 e. The molecule has 0 spiro atoms. The van der Waals surface area contributed by atoms with Gasteiger partial charge in [-0.15, -0.1) is 0 Å². The molecule has 0 amide bonds. The predicted molar refractivity (Wildman–Crippen MR) is 82.3 cm³/mol. The Morgan fingerprint density at radius 1 is 1.05 bits per heavy atom. The summed E-state index contributed by atoms with van der Waals surface area (Å²) < 4.78 is 41.2. The smallest absolute Gasteiger partial charge is 0.264 e. The number of nitrogens with one attached hydrogen (secondary N) is 1. The Labute approximate surface area is 123 Å². The maximum atomic E-state index is 13.8. The van der Waals surface area contributed by atoms with Crippen LogP contribution in [0.4, 0.5) is 15.8 Å². The number of benzene rings is 2. The van der Waals surface area contributed by atoms with Crippen LogP contribution in [0.1, 0.15) is 16.7 Å². The summed E-state index contributed by atoms with van der Waals surface area (Å²) in [7, 11) is -3.96. The third-order valence-corrected chi connectivity index (χ3v) is 4.99. The fraction of sp³-hybridized carbons (Fsp3) is 0.200. The molecule has 112 valence electrons. The molecule has 21 heavy (non-hydrogen) atoms. The first-order valence-corrected chi connectivity index (χ1v) is 7.86. The van der Waals surface area contributed by atoms with E-state index in [-0.39, 0.29) is 16.3 Å². The van der Waals surface area contributed by atoms with Crippen LogP contribution in [0.3, 0.4) is 0 Å². The van der Waals surface area contributed by atoms with Gasteiger partial charge < -0.3 is 5.73 Å². The fourth-order valence-corrected chi connectivity index (χ4v) is 3.69. The van der Waals surface area contributed by atoms with Crippen LogP contribution >= 0.6 is 0 Å². The highest BCUT2D eigenvalue weighted by molar-refractivity contribution is 7.93. The number of sulfonamides is 1. The monoisotopic (exact) mass is 308 g/mol. The van der Waals surface area contributed by atoms with Crippen molar-refractivity contribution in [3.05, 3.63) is 52.8 Å². The molecule has 0 unspecified atom stereocenters. The fourth-order valence-electron chi connectivity index (χ4n) is 2.11. The van der Waals surface area contributed by atoms with Gasteiger partial charge in [-0.3, -0.25) is 4.72 Å². The van der Waals surface area contributed by atoms with E-state index >= 15 is 0 Å². The zero-order chi connectivity index (χ0) is 15.8. The topological polar surface area (TPSA) is 72.2 Å². The molecule has 4 nitrogen and oxygen atoms in total. The first kappa shape index (κ1) is 15.3. The summed E-state index contributed by atoms with van der Waals surface area (Å²) in [5.41, 5.74) is 7.73. The van der Waals surface area contributed by atoms with Gasteiger partial charge in [0.05, 0.1) is 11.4 Å². The van der Waals surface area contributed by atoms with Gasteiger partial charge in [0, 0.05) is 0 Å². The van der Waals surface area contributed by atoms with Crippen LogP contribution in [-0.2, 0) is 10.0 Å². The molecule has 6 heteroatoms. The van der Waals surface area contributed by atoms with Crippen molar-refractivity contribution in [1.82, 2.24) is 0 Å². The largest absolute Gasteiger partial charge is 0.398 e. The number of nitrogen functional groups attached to an aromatic ring is 1. The van der Waals surface area contributed by atoms with Crippen molar-refractivity contribution in [2.45, 2.75) is 25.7 Å². The van der Waals surface area contributed by atoms with Gasteiger partial charge in [0.1, 0.15) is 10.7 Å². The van der Waals surface area contributed by atoms with E-state index in [4.69, 9.17) is 5.73 Å². The second-order valence-electron chi connectivity index (χ2n) is 4.96. The van der Waals surface area contributed by atoms with Crippen LogP contribution in [-0.4, -0.2) is 8.42 Å². The summed E-state index contributed by atoms with van der Waals surface area (Å²) in [4.78, 5) is -0.00912. The molecule has 0 aliphatic rings. The Morgan fingerprint density at radius 3 is 2.33 bits per heavy atom. The highest BCUT2D eigenvalue weighted by Crippen LogP contribution is 2.29. The van der Waals surface area contributed by atoms with E-state index in [1.165, 1.54) is 18.2 Å². The minimum atomic E-state index is -3.96. The normalized spacial score (nSPS) is 11.4. The summed E-state index contributed by atoms with van der Waals surface area (Å²) in [5, 5.41) is 0. The molecule has 0 aromatic heterocycles. The van der Waals surface area contributed by atoms with Crippen LogP contribution in [0.25, 0.3) is 0 Å². The summed E-state index contributed by atoms with van der Waals surface area (Å²) >= 11 is 0. The number of halogens is 1. The van der Waals surface area contributed by atoms with Gasteiger partial charge in [-0.05, 0) is 49.6 Å². The first-order valence-electron chi connectivity index (χ1n) is 6.37. The highest BCUT2D eigenvalue weighted by atomic mass is 32.2. The lowest BCUT2D eigenvalue weighted by Crippen LogP contribution is -2.18. The Balaban J connectivity index is 2.57. The molecule has 2 rings (SSSR count). The van der Waals surface area contributed by atoms with Crippen molar-refractivity contribution >= 4 is 21.4 Å². The van der Waals surface area contributed by atoms with Crippen molar-refractivity contribution in [2.75, 3.05) is 10.5 Å². The quantitative estimate of drug-likeness (QED) is 0.856. The zero-order valence-corrected chi connectivity index (χ0v) is 12.9. The van der Waals surface area contributed by atoms with Gasteiger partial charge in [0.25, 0.3) is 10.0 Å². The van der Waals surface area contributed by atoms with Crippen LogP contribution < -0.4 is 10.5 Å². The van der Waals surface area contributed by atoms with Crippen LogP contribution in [0.5, 0.6) is 0 Å². The lowest BCUT2D eigenvalue weighted by atomic mass is 10.1. The van der Waals surface area contributed by atoms with Gasteiger partial charge in [-0.2, -0.15) is 0 Å². The Hall–Kier alpha value is -2.08. The molecule has 0 saturated carbocycles. The second kappa shape index (κ2) is 5.37. The van der Waals surface area contributed by atoms with E-state index in [0.717, 1.165) is 5.56 Å². The number of aryl methyl sites for hydroxylation is 2. The van der Waals surface area contributed by atoms with Crippen molar-refractivity contribution in [1.29, 1.82) is 0 Å². The molecular weight excluding hydrogens is 291 g/mol. The number of hydrogen-bond acceptors (Lipinski definition) is 3. The summed E-state index contributed by atoms with van der Waals surface area (Å²) in [6.45, 7) is 5.10. The molecule has 0 heterocycles. The lowest BCUT2D eigenvalue weighted by molar-refractivity contribution is 0.598. The molecule has 2 aromatic rings. The van der Waals surface area contributed by atoms with Crippen molar-refractivity contribution in [3.8, 4) is 0 Å². The summed E-state index contributed by atoms with van der Waals surface area (Å²) in [5.74, 6) is -0.623. The standard InChI is InChI=1S/C15H17FN2O2S/c1-9-7-8-13(17)15(11(9)3)21(19,20)18-14-10(2)5-4-6-12(14)16/h4-8,18H,17H2,1-3H3. The molecule has 2 aromatic carbocycles. The second-order valence-corrected chi connectivity index (χ2v) is 6.58. The highest BCUT2D eigenvalue weighted by Gasteiger charge is 2.23. The molecule has 3 N–H and O–H groups in total. The maximum absolute atomic E-state index is 13.8. The Bertz CT molecular complexity index is 781. The molecule has 0 aliphatic carbocycles. The predicted octanol–water partition coefficient (Wildman–Crippen LogP) is 3.13. The molecule has 0 saturated heterocycles. The molecule has 0 radical (unpaired) electrons. The van der Waals surface area contributed by atoms with Crippen molar-refractivity contribution < 1.29 is 12.8 Å². The van der Waals surface area contributed by atoms with E-state index in [1.807, 2.05) is 0 Å². The number of nitrogens with two attached hydrogens (primary N) is 1. The van der Waals surface area contributed by atoms with E-state index in [0.29, 0.717) is 11.1 Å². The van der Waals surface area contributed by atoms with Gasteiger partial charge in [-0.25, -0.2) is 12.8 Å². The molecule has 0 aliphatic heterocycles. The number of rotatable bonds is 3. The lowest BCUT2D eigenvalue weighted by Gasteiger charge is -2.15. The van der Waals surface area contributed by atoms with Crippen LogP contribution in [0.2, 0.25) is 0 Å². The molecule has 0 fully saturated rings.